The van der Waals surface area contributed by atoms with Crippen LogP contribution in [-0.4, -0.2) is 48.3 Å². The molecule has 0 unspecified atom stereocenters. The van der Waals surface area contributed by atoms with Gasteiger partial charge in [0, 0.05) is 11.8 Å². The predicted octanol–water partition coefficient (Wildman–Crippen LogP) is 2.23. The summed E-state index contributed by atoms with van der Waals surface area (Å²) in [5, 5.41) is 2.64. The predicted molar refractivity (Wildman–Crippen MR) is 111 cm³/mol. The number of ether oxygens (including phenoxy) is 2. The number of nitrogens with one attached hydrogen (secondary N) is 1. The number of imide groups is 1. The van der Waals surface area contributed by atoms with E-state index < -0.39 is 24.5 Å². The van der Waals surface area contributed by atoms with E-state index in [-0.39, 0.29) is 41.4 Å². The van der Waals surface area contributed by atoms with E-state index in [0.717, 1.165) is 24.2 Å². The molecule has 4 rings (SSSR count). The van der Waals surface area contributed by atoms with Crippen LogP contribution < -0.4 is 10.1 Å². The Morgan fingerprint density at radius 1 is 1.13 bits per heavy atom. The fraction of sp³-hybridized carbons (Fsp3) is 0.565. The molecule has 1 aromatic rings. The topological polar surface area (TPSA) is 102 Å². The Bertz CT molecular complexity index is 885. The first-order valence-electron chi connectivity index (χ1n) is 10.8. The third kappa shape index (κ3) is 3.79. The summed E-state index contributed by atoms with van der Waals surface area (Å²) in [6.07, 6.45) is 2.88. The summed E-state index contributed by atoms with van der Waals surface area (Å²) in [6.45, 7) is 3.03. The molecule has 0 spiro atoms. The van der Waals surface area contributed by atoms with Gasteiger partial charge in [-0.15, -0.1) is 0 Å². The molecule has 2 aliphatic carbocycles. The largest absolute Gasteiger partial charge is 0.497 e. The summed E-state index contributed by atoms with van der Waals surface area (Å²) in [5.41, 5.74) is 0.508. The second-order valence-corrected chi connectivity index (χ2v) is 9.01. The summed E-state index contributed by atoms with van der Waals surface area (Å²) in [6, 6.07) is 5.78. The van der Waals surface area contributed by atoms with Crippen molar-refractivity contribution in [1.29, 1.82) is 0 Å². The number of nitrogens with zero attached hydrogens (tertiary/aromatic N) is 1. The van der Waals surface area contributed by atoms with E-state index in [1.807, 2.05) is 0 Å². The third-order valence-electron chi connectivity index (χ3n) is 6.81. The number of anilines is 1. The Labute approximate surface area is 181 Å². The summed E-state index contributed by atoms with van der Waals surface area (Å²) >= 11 is 0. The minimum atomic E-state index is -1.02. The van der Waals surface area contributed by atoms with Crippen LogP contribution >= 0.6 is 0 Å². The molecular formula is C23H28N2O6. The van der Waals surface area contributed by atoms with Crippen LogP contribution in [0.1, 0.15) is 33.1 Å². The molecule has 1 heterocycles. The summed E-state index contributed by atoms with van der Waals surface area (Å²) in [7, 11) is 1.52. The number of fused-ring (bicyclic) bond motifs is 5. The Balaban J connectivity index is 1.40. The van der Waals surface area contributed by atoms with Crippen molar-refractivity contribution in [1.82, 2.24) is 4.90 Å². The third-order valence-corrected chi connectivity index (χ3v) is 6.81. The average Bonchev–Trinajstić information content (AvgIpc) is 3.42. The van der Waals surface area contributed by atoms with Crippen molar-refractivity contribution in [3.63, 3.8) is 0 Å². The van der Waals surface area contributed by atoms with Crippen LogP contribution in [0.5, 0.6) is 5.75 Å². The highest BCUT2D eigenvalue weighted by atomic mass is 16.5. The van der Waals surface area contributed by atoms with Crippen molar-refractivity contribution < 1.29 is 28.7 Å². The molecule has 1 aromatic carbocycles. The zero-order valence-electron chi connectivity index (χ0n) is 18.0. The summed E-state index contributed by atoms with van der Waals surface area (Å²) < 4.78 is 10.3. The number of hydrogen-bond donors (Lipinski definition) is 1. The molecule has 0 radical (unpaired) electrons. The van der Waals surface area contributed by atoms with Crippen molar-refractivity contribution in [2.24, 2.45) is 29.6 Å². The molecule has 2 saturated carbocycles. The molecule has 2 bridgehead atoms. The van der Waals surface area contributed by atoms with Gasteiger partial charge < -0.3 is 14.8 Å². The Hall–Kier alpha value is -2.90. The van der Waals surface area contributed by atoms with Gasteiger partial charge in [0.1, 0.15) is 11.8 Å². The number of carbonyl (C=O) groups is 4. The second-order valence-electron chi connectivity index (χ2n) is 9.01. The van der Waals surface area contributed by atoms with E-state index >= 15 is 0 Å². The number of hydrogen-bond acceptors (Lipinski definition) is 6. The van der Waals surface area contributed by atoms with Gasteiger partial charge in [-0.3, -0.25) is 19.3 Å². The van der Waals surface area contributed by atoms with Gasteiger partial charge in [0.25, 0.3) is 5.91 Å². The van der Waals surface area contributed by atoms with Gasteiger partial charge in [-0.2, -0.15) is 0 Å². The van der Waals surface area contributed by atoms with Crippen LogP contribution in [-0.2, 0) is 23.9 Å². The van der Waals surface area contributed by atoms with E-state index in [2.05, 4.69) is 5.32 Å². The van der Waals surface area contributed by atoms with Crippen molar-refractivity contribution in [2.75, 3.05) is 19.0 Å². The molecule has 31 heavy (non-hydrogen) atoms. The highest BCUT2D eigenvalue weighted by Crippen LogP contribution is 2.56. The van der Waals surface area contributed by atoms with E-state index in [0.29, 0.717) is 11.4 Å². The van der Waals surface area contributed by atoms with Gasteiger partial charge >= 0.3 is 5.97 Å². The van der Waals surface area contributed by atoms with Crippen LogP contribution in [0.3, 0.4) is 0 Å². The monoisotopic (exact) mass is 428 g/mol. The molecule has 1 N–H and O–H groups in total. The minimum Gasteiger partial charge on any atom is -0.497 e. The van der Waals surface area contributed by atoms with Crippen LogP contribution in [0.15, 0.2) is 24.3 Å². The number of likely N-dealkylation sites (tertiary alicyclic amines) is 1. The number of rotatable bonds is 7. The second kappa shape index (κ2) is 8.32. The summed E-state index contributed by atoms with van der Waals surface area (Å²) in [4.78, 5) is 52.4. The molecule has 3 amide bonds. The molecule has 1 saturated heterocycles. The van der Waals surface area contributed by atoms with Gasteiger partial charge in [0.05, 0.1) is 18.9 Å². The van der Waals surface area contributed by atoms with Crippen LogP contribution in [0, 0.1) is 29.6 Å². The SMILES string of the molecule is COc1cccc(NC(=O)COC(=O)[C@H](C(C)C)N2C(=O)[C@H]3[C@H]4CC[C@@H](C4)[C@@H]3C2=O)c1. The van der Waals surface area contributed by atoms with Crippen molar-refractivity contribution in [2.45, 2.75) is 39.2 Å². The highest BCUT2D eigenvalue weighted by Gasteiger charge is 2.62. The van der Waals surface area contributed by atoms with Crippen molar-refractivity contribution in [3.8, 4) is 5.75 Å². The van der Waals surface area contributed by atoms with E-state index in [9.17, 15) is 19.2 Å². The molecule has 166 valence electrons. The molecule has 3 aliphatic rings. The van der Waals surface area contributed by atoms with Crippen molar-refractivity contribution >= 4 is 29.4 Å². The smallest absolute Gasteiger partial charge is 0.330 e. The lowest BCUT2D eigenvalue weighted by Gasteiger charge is -2.28. The summed E-state index contributed by atoms with van der Waals surface area (Å²) in [5.74, 6) is -1.59. The van der Waals surface area contributed by atoms with Gasteiger partial charge in [0.2, 0.25) is 11.8 Å². The lowest BCUT2D eigenvalue weighted by molar-refractivity contribution is -0.162. The first-order chi connectivity index (χ1) is 14.8. The number of amides is 3. The number of methoxy groups -OCH3 is 1. The van der Waals surface area contributed by atoms with Gasteiger partial charge in [0.15, 0.2) is 6.61 Å². The molecule has 0 aromatic heterocycles. The van der Waals surface area contributed by atoms with Gasteiger partial charge in [-0.1, -0.05) is 19.9 Å². The Morgan fingerprint density at radius 2 is 1.77 bits per heavy atom. The maximum absolute atomic E-state index is 13.1. The zero-order chi connectivity index (χ0) is 22.3. The molecule has 8 heteroatoms. The number of benzene rings is 1. The van der Waals surface area contributed by atoms with Crippen LogP contribution in [0.25, 0.3) is 0 Å². The Morgan fingerprint density at radius 3 is 2.35 bits per heavy atom. The van der Waals surface area contributed by atoms with E-state index in [1.165, 1.54) is 7.11 Å². The maximum atomic E-state index is 13.1. The van der Waals surface area contributed by atoms with E-state index in [4.69, 9.17) is 9.47 Å². The molecular weight excluding hydrogens is 400 g/mol. The highest BCUT2D eigenvalue weighted by molar-refractivity contribution is 6.08. The maximum Gasteiger partial charge on any atom is 0.330 e. The number of carbonyl (C=O) groups excluding carboxylic acids is 4. The number of esters is 1. The molecule has 1 aliphatic heterocycles. The fourth-order valence-corrected chi connectivity index (χ4v) is 5.50. The first kappa shape index (κ1) is 21.3. The zero-order valence-corrected chi connectivity index (χ0v) is 18.0. The molecule has 8 nitrogen and oxygen atoms in total. The minimum absolute atomic E-state index is 0.244. The van der Waals surface area contributed by atoms with Gasteiger partial charge in [-0.25, -0.2) is 4.79 Å². The van der Waals surface area contributed by atoms with Crippen LogP contribution in [0.4, 0.5) is 5.69 Å². The lowest BCUT2D eigenvalue weighted by Crippen LogP contribution is -2.50. The normalized spacial score (nSPS) is 27.4. The molecule has 3 fully saturated rings. The lowest BCUT2D eigenvalue weighted by atomic mass is 9.81. The van der Waals surface area contributed by atoms with Crippen LogP contribution in [0.2, 0.25) is 0 Å². The standard InChI is InChI=1S/C23H28N2O6/c1-12(2)20(25-21(27)18-13-7-8-14(9-13)19(18)22(25)28)23(29)31-11-17(26)24-15-5-4-6-16(10-15)30-3/h4-6,10,12-14,18-20H,7-9,11H2,1-3H3,(H,24,26)/t13-,14-,18-,19-,20-/m0/s1. The molecule has 5 atom stereocenters. The fourth-order valence-electron chi connectivity index (χ4n) is 5.50. The van der Waals surface area contributed by atoms with Gasteiger partial charge in [-0.05, 0) is 49.1 Å². The van der Waals surface area contributed by atoms with Crippen molar-refractivity contribution in [3.05, 3.63) is 24.3 Å². The first-order valence-corrected chi connectivity index (χ1v) is 10.8. The Kier molecular flexibility index (Phi) is 5.73. The quantitative estimate of drug-likeness (QED) is 0.528. The van der Waals surface area contributed by atoms with E-state index in [1.54, 1.807) is 38.1 Å². The average molecular weight is 428 g/mol.